The van der Waals surface area contributed by atoms with Crippen LogP contribution in [0.1, 0.15) is 0 Å². The van der Waals surface area contributed by atoms with E-state index < -0.39 is 32.0 Å². The van der Waals surface area contributed by atoms with Gasteiger partial charge in [0.05, 0.1) is 15.9 Å². The lowest BCUT2D eigenvalue weighted by Gasteiger charge is -2.06. The van der Waals surface area contributed by atoms with Crippen molar-refractivity contribution < 1.29 is 15.0 Å². The molecule has 8 heteroatoms. The average molecular weight is 218 g/mol. The van der Waals surface area contributed by atoms with Crippen LogP contribution in [0.15, 0.2) is 12.1 Å². The Kier molecular flexibility index (Phi) is 2.52. The van der Waals surface area contributed by atoms with Crippen molar-refractivity contribution in [2.75, 3.05) is 0 Å². The number of nitrogens with zero attached hydrogens (tertiary/aromatic N) is 2. The number of halogens is 1. The minimum Gasteiger partial charge on any atom is -0.868 e. The molecular formula is C6H2ClN2O5-. The highest BCUT2D eigenvalue weighted by atomic mass is 35.5. The first-order chi connectivity index (χ1) is 6.43. The van der Waals surface area contributed by atoms with Crippen molar-refractivity contribution in [3.63, 3.8) is 0 Å². The fourth-order valence-corrected chi connectivity index (χ4v) is 1.04. The van der Waals surface area contributed by atoms with Gasteiger partial charge in [0, 0.05) is 0 Å². The van der Waals surface area contributed by atoms with Crippen LogP contribution in [0, 0.1) is 20.2 Å². The molecule has 0 radical (unpaired) electrons. The zero-order valence-electron chi connectivity index (χ0n) is 6.47. The van der Waals surface area contributed by atoms with Gasteiger partial charge >= 0.3 is 0 Å². The number of benzene rings is 1. The van der Waals surface area contributed by atoms with Crippen molar-refractivity contribution >= 4 is 23.0 Å². The van der Waals surface area contributed by atoms with Crippen LogP contribution >= 0.6 is 11.6 Å². The molecule has 0 saturated heterocycles. The van der Waals surface area contributed by atoms with E-state index in [0.717, 1.165) is 0 Å². The van der Waals surface area contributed by atoms with Gasteiger partial charge in [-0.25, -0.2) is 0 Å². The van der Waals surface area contributed by atoms with E-state index in [0.29, 0.717) is 12.1 Å². The molecule has 0 amide bonds. The Morgan fingerprint density at radius 1 is 1.07 bits per heavy atom. The van der Waals surface area contributed by atoms with Crippen LogP contribution in [-0.2, 0) is 0 Å². The van der Waals surface area contributed by atoms with Crippen molar-refractivity contribution in [3.8, 4) is 5.75 Å². The van der Waals surface area contributed by atoms with Gasteiger partial charge in [-0.1, -0.05) is 11.6 Å². The fourth-order valence-electron chi connectivity index (χ4n) is 0.815. The van der Waals surface area contributed by atoms with Crippen molar-refractivity contribution in [1.29, 1.82) is 0 Å². The Morgan fingerprint density at radius 2 is 1.57 bits per heavy atom. The lowest BCUT2D eigenvalue weighted by atomic mass is 10.2. The summed E-state index contributed by atoms with van der Waals surface area (Å²) in [6, 6.07) is 1.20. The molecule has 0 atom stereocenters. The summed E-state index contributed by atoms with van der Waals surface area (Å²) in [5, 5.41) is 31.0. The number of hydrogen-bond acceptors (Lipinski definition) is 5. The highest BCUT2D eigenvalue weighted by molar-refractivity contribution is 6.32. The first-order valence-corrected chi connectivity index (χ1v) is 3.60. The summed E-state index contributed by atoms with van der Waals surface area (Å²) >= 11 is 5.34. The second-order valence-corrected chi connectivity index (χ2v) is 2.69. The van der Waals surface area contributed by atoms with Crippen LogP contribution in [0.5, 0.6) is 5.75 Å². The summed E-state index contributed by atoms with van der Waals surface area (Å²) in [7, 11) is 0. The molecule has 7 nitrogen and oxygen atoms in total. The smallest absolute Gasteiger partial charge is 0.294 e. The summed E-state index contributed by atoms with van der Waals surface area (Å²) in [5.41, 5.74) is -1.51. The molecule has 0 aliphatic rings. The summed E-state index contributed by atoms with van der Waals surface area (Å²) in [5.74, 6) is -0.953. The third-order valence-electron chi connectivity index (χ3n) is 1.42. The van der Waals surface area contributed by atoms with Gasteiger partial charge in [-0.05, 0) is 11.8 Å². The van der Waals surface area contributed by atoms with Gasteiger partial charge in [0.15, 0.2) is 0 Å². The topological polar surface area (TPSA) is 109 Å². The third kappa shape index (κ3) is 1.72. The molecule has 1 aromatic rings. The largest absolute Gasteiger partial charge is 0.868 e. The molecule has 0 aromatic heterocycles. The molecule has 0 saturated carbocycles. The summed E-state index contributed by atoms with van der Waals surface area (Å²) in [6.07, 6.45) is 0. The van der Waals surface area contributed by atoms with E-state index in [-0.39, 0.29) is 0 Å². The second-order valence-electron chi connectivity index (χ2n) is 2.29. The van der Waals surface area contributed by atoms with Crippen molar-refractivity contribution in [1.82, 2.24) is 0 Å². The fraction of sp³-hybridized carbons (Fsp3) is 0. The number of hydrogen-bond donors (Lipinski definition) is 0. The molecule has 0 bridgehead atoms. The van der Waals surface area contributed by atoms with Crippen molar-refractivity contribution in [2.24, 2.45) is 0 Å². The molecule has 74 valence electrons. The Balaban J connectivity index is 3.42. The lowest BCUT2D eigenvalue weighted by Crippen LogP contribution is -1.99. The van der Waals surface area contributed by atoms with Crippen LogP contribution in [-0.4, -0.2) is 9.85 Å². The number of rotatable bonds is 2. The molecule has 0 N–H and O–H groups in total. The highest BCUT2D eigenvalue weighted by Gasteiger charge is 2.19. The van der Waals surface area contributed by atoms with Gasteiger partial charge in [-0.3, -0.25) is 20.2 Å². The van der Waals surface area contributed by atoms with Crippen LogP contribution < -0.4 is 5.11 Å². The average Bonchev–Trinajstić information content (AvgIpc) is 2.02. The molecule has 1 rings (SSSR count). The molecular weight excluding hydrogens is 216 g/mol. The molecule has 1 aromatic carbocycles. The minimum atomic E-state index is -0.994. The van der Waals surface area contributed by atoms with E-state index in [4.69, 9.17) is 11.6 Å². The van der Waals surface area contributed by atoms with Crippen LogP contribution in [0.25, 0.3) is 0 Å². The zero-order valence-corrected chi connectivity index (χ0v) is 7.22. The van der Waals surface area contributed by atoms with Crippen LogP contribution in [0.2, 0.25) is 5.02 Å². The first-order valence-electron chi connectivity index (χ1n) is 3.23. The minimum absolute atomic E-state index is 0.411. The maximum atomic E-state index is 10.9. The van der Waals surface area contributed by atoms with E-state index in [1.54, 1.807) is 0 Å². The molecule has 0 aliphatic heterocycles. The van der Waals surface area contributed by atoms with Gasteiger partial charge in [-0.2, -0.15) is 0 Å². The Morgan fingerprint density at radius 3 is 2.00 bits per heavy atom. The predicted octanol–water partition coefficient (Wildman–Crippen LogP) is 1.23. The van der Waals surface area contributed by atoms with E-state index in [2.05, 4.69) is 0 Å². The van der Waals surface area contributed by atoms with Crippen molar-refractivity contribution in [3.05, 3.63) is 37.4 Å². The molecule has 0 unspecified atom stereocenters. The third-order valence-corrected chi connectivity index (χ3v) is 1.72. The summed E-state index contributed by atoms with van der Waals surface area (Å²) < 4.78 is 0. The Bertz CT molecular complexity index is 384. The molecule has 0 fully saturated rings. The summed E-state index contributed by atoms with van der Waals surface area (Å²) in [4.78, 5) is 18.7. The van der Waals surface area contributed by atoms with Crippen molar-refractivity contribution in [2.45, 2.75) is 0 Å². The number of nitro groups is 2. The van der Waals surface area contributed by atoms with E-state index in [9.17, 15) is 25.3 Å². The molecule has 0 aliphatic carbocycles. The SMILES string of the molecule is O=[N+]([O-])c1cc([N+](=O)[O-])c(Cl)cc1[O-]. The molecule has 14 heavy (non-hydrogen) atoms. The van der Waals surface area contributed by atoms with E-state index >= 15 is 0 Å². The Labute approximate surface area is 81.8 Å². The van der Waals surface area contributed by atoms with Gasteiger partial charge in [0.2, 0.25) is 0 Å². The van der Waals surface area contributed by atoms with Gasteiger partial charge in [0.25, 0.3) is 11.4 Å². The summed E-state index contributed by atoms with van der Waals surface area (Å²) in [6.45, 7) is 0. The number of nitro benzene ring substituents is 2. The van der Waals surface area contributed by atoms with Crippen LogP contribution in [0.4, 0.5) is 11.4 Å². The normalized spacial score (nSPS) is 9.79. The second kappa shape index (κ2) is 3.46. The van der Waals surface area contributed by atoms with Gasteiger partial charge in [0.1, 0.15) is 5.02 Å². The van der Waals surface area contributed by atoms with Gasteiger partial charge in [-0.15, -0.1) is 0 Å². The molecule has 0 spiro atoms. The maximum Gasteiger partial charge on any atom is 0.294 e. The van der Waals surface area contributed by atoms with E-state index in [1.807, 2.05) is 0 Å². The van der Waals surface area contributed by atoms with Crippen LogP contribution in [0.3, 0.4) is 0 Å². The Hall–Kier alpha value is -1.89. The first kappa shape index (κ1) is 10.2. The maximum absolute atomic E-state index is 10.9. The molecule has 0 heterocycles. The zero-order chi connectivity index (χ0) is 10.9. The standard InChI is InChI=1S/C6H3ClN2O5/c7-3-1-6(10)5(9(13)14)2-4(3)8(11)12/h1-2,10H/p-1. The monoisotopic (exact) mass is 217 g/mol. The lowest BCUT2D eigenvalue weighted by molar-refractivity contribution is -0.403. The predicted molar refractivity (Wildman–Crippen MR) is 44.2 cm³/mol. The van der Waals surface area contributed by atoms with E-state index in [1.165, 1.54) is 0 Å². The quantitative estimate of drug-likeness (QED) is 0.546. The highest BCUT2D eigenvalue weighted by Crippen LogP contribution is 2.34. The van der Waals surface area contributed by atoms with Gasteiger partial charge < -0.3 is 5.11 Å².